The number of ether oxygens (including phenoxy) is 1. The summed E-state index contributed by atoms with van der Waals surface area (Å²) in [5, 5.41) is 8.96. The number of nitrogens with two attached hydrogens (primary N) is 1. The smallest absolute Gasteiger partial charge is 0.352 e. The van der Waals surface area contributed by atoms with E-state index in [1.54, 1.807) is 6.92 Å². The van der Waals surface area contributed by atoms with Gasteiger partial charge in [0.15, 0.2) is 0 Å². The molecule has 0 aromatic heterocycles. The quantitative estimate of drug-likeness (QED) is 0.470. The van der Waals surface area contributed by atoms with Crippen molar-refractivity contribution in [2.45, 2.75) is 13.0 Å². The van der Waals surface area contributed by atoms with Gasteiger partial charge in [-0.3, -0.25) is 4.79 Å². The lowest BCUT2D eigenvalue weighted by Crippen LogP contribution is -2.61. The van der Waals surface area contributed by atoms with Crippen molar-refractivity contribution in [3.05, 3.63) is 11.3 Å². The molecule has 0 saturated carbocycles. The number of hydrogen-bond donors (Lipinski definition) is 2. The summed E-state index contributed by atoms with van der Waals surface area (Å²) < 4.78 is 4.83. The Morgan fingerprint density at radius 1 is 1.73 bits per heavy atom. The molecule has 6 nitrogen and oxygen atoms in total. The predicted molar refractivity (Wildman–Crippen MR) is 51.9 cm³/mol. The molecule has 3 N–H and O–H groups in total. The van der Waals surface area contributed by atoms with Crippen molar-refractivity contribution >= 4 is 11.9 Å². The van der Waals surface area contributed by atoms with E-state index in [9.17, 15) is 9.59 Å². The molecule has 1 aliphatic heterocycles. The van der Waals surface area contributed by atoms with Crippen LogP contribution in [0, 0.1) is 0 Å². The van der Waals surface area contributed by atoms with Gasteiger partial charge in [-0.05, 0) is 12.5 Å². The summed E-state index contributed by atoms with van der Waals surface area (Å²) in [5.41, 5.74) is 5.87. The molecule has 1 heterocycles. The molecule has 0 aromatic carbocycles. The molecular weight excluding hydrogens is 200 g/mol. The molecule has 0 aromatic rings. The summed E-state index contributed by atoms with van der Waals surface area (Å²) in [5.74, 6) is -1.49. The Labute approximate surface area is 87.3 Å². The largest absolute Gasteiger partial charge is 0.477 e. The van der Waals surface area contributed by atoms with E-state index in [2.05, 4.69) is 0 Å². The molecule has 1 aliphatic rings. The topological polar surface area (TPSA) is 92.9 Å². The zero-order valence-corrected chi connectivity index (χ0v) is 8.69. The van der Waals surface area contributed by atoms with Crippen LogP contribution in [0.4, 0.5) is 0 Å². The molecule has 1 saturated heterocycles. The van der Waals surface area contributed by atoms with Gasteiger partial charge in [0.25, 0.3) is 0 Å². The lowest BCUT2D eigenvalue weighted by molar-refractivity contribution is -0.146. The Bertz CT molecular complexity index is 324. The van der Waals surface area contributed by atoms with Gasteiger partial charge in [0.2, 0.25) is 5.91 Å². The van der Waals surface area contributed by atoms with Crippen molar-refractivity contribution in [2.24, 2.45) is 5.73 Å². The first-order valence-electron chi connectivity index (χ1n) is 4.48. The standard InChI is InChI=1S/C9H14N2O4/c1-5(4-15-2)7(9(13)14)11-3-6(10)8(11)12/h6H,3-4,10H2,1-2H3,(H,13,14). The minimum atomic E-state index is -1.13. The Morgan fingerprint density at radius 2 is 2.33 bits per heavy atom. The summed E-state index contributed by atoms with van der Waals surface area (Å²) >= 11 is 0. The molecule has 1 rings (SSSR count). The Morgan fingerprint density at radius 3 is 2.67 bits per heavy atom. The normalized spacial score (nSPS) is 22.2. The van der Waals surface area contributed by atoms with E-state index in [1.807, 2.05) is 0 Å². The molecule has 1 amide bonds. The van der Waals surface area contributed by atoms with Crippen molar-refractivity contribution in [1.29, 1.82) is 0 Å². The van der Waals surface area contributed by atoms with Gasteiger partial charge in [-0.1, -0.05) is 0 Å². The monoisotopic (exact) mass is 214 g/mol. The van der Waals surface area contributed by atoms with Gasteiger partial charge in [-0.15, -0.1) is 0 Å². The lowest BCUT2D eigenvalue weighted by atomic mass is 10.1. The molecule has 1 fully saturated rings. The fourth-order valence-corrected chi connectivity index (χ4v) is 1.47. The second-order valence-electron chi connectivity index (χ2n) is 3.42. The van der Waals surface area contributed by atoms with Gasteiger partial charge in [0, 0.05) is 7.11 Å². The highest BCUT2D eigenvalue weighted by Crippen LogP contribution is 2.19. The van der Waals surface area contributed by atoms with Gasteiger partial charge in [-0.2, -0.15) is 0 Å². The van der Waals surface area contributed by atoms with Crippen LogP contribution in [0.3, 0.4) is 0 Å². The molecular formula is C9H14N2O4. The van der Waals surface area contributed by atoms with Crippen molar-refractivity contribution < 1.29 is 19.4 Å². The first-order valence-corrected chi connectivity index (χ1v) is 4.48. The Balaban J connectivity index is 2.89. The Hall–Kier alpha value is -1.40. The highest BCUT2D eigenvalue weighted by molar-refractivity contribution is 5.98. The maximum atomic E-state index is 11.3. The van der Waals surface area contributed by atoms with E-state index in [4.69, 9.17) is 15.6 Å². The molecule has 84 valence electrons. The van der Waals surface area contributed by atoms with E-state index in [-0.39, 0.29) is 24.8 Å². The molecule has 0 spiro atoms. The SMILES string of the molecule is COCC(C)=C(C(=O)O)N1CC(N)C1=O. The number of aliphatic carboxylic acids is 1. The second-order valence-corrected chi connectivity index (χ2v) is 3.42. The average Bonchev–Trinajstić information content (AvgIpc) is 2.17. The third kappa shape index (κ3) is 2.16. The summed E-state index contributed by atoms with van der Waals surface area (Å²) in [6.45, 7) is 2.05. The zero-order valence-electron chi connectivity index (χ0n) is 8.69. The maximum Gasteiger partial charge on any atom is 0.352 e. The highest BCUT2D eigenvalue weighted by atomic mass is 16.5. The summed E-state index contributed by atoms with van der Waals surface area (Å²) in [6, 6.07) is -0.574. The number of nitrogens with zero attached hydrogens (tertiary/aromatic N) is 1. The molecule has 15 heavy (non-hydrogen) atoms. The van der Waals surface area contributed by atoms with E-state index >= 15 is 0 Å². The number of hydrogen-bond acceptors (Lipinski definition) is 4. The number of carboxylic acids is 1. The van der Waals surface area contributed by atoms with Crippen LogP contribution in [0.2, 0.25) is 0 Å². The second kappa shape index (κ2) is 4.41. The summed E-state index contributed by atoms with van der Waals surface area (Å²) in [7, 11) is 1.46. The van der Waals surface area contributed by atoms with Crippen LogP contribution in [0.15, 0.2) is 11.3 Å². The zero-order chi connectivity index (χ0) is 11.6. The van der Waals surface area contributed by atoms with Gasteiger partial charge in [-0.25, -0.2) is 4.79 Å². The minimum Gasteiger partial charge on any atom is -0.477 e. The minimum absolute atomic E-state index is 0.0245. The number of rotatable bonds is 4. The molecule has 0 aliphatic carbocycles. The predicted octanol–water partition coefficient (Wildman–Crippen LogP) is -0.839. The first kappa shape index (κ1) is 11.7. The van der Waals surface area contributed by atoms with Gasteiger partial charge in [0.05, 0.1) is 13.2 Å². The third-order valence-electron chi connectivity index (χ3n) is 2.20. The van der Waals surface area contributed by atoms with Crippen molar-refractivity contribution in [3.63, 3.8) is 0 Å². The van der Waals surface area contributed by atoms with Gasteiger partial charge >= 0.3 is 5.97 Å². The van der Waals surface area contributed by atoms with Crippen LogP contribution in [0.1, 0.15) is 6.92 Å². The molecule has 6 heteroatoms. The Kier molecular flexibility index (Phi) is 3.43. The number of carbonyl (C=O) groups is 2. The molecule has 1 atom stereocenters. The molecule has 0 bridgehead atoms. The number of likely N-dealkylation sites (tertiary alicyclic amines) is 1. The van der Waals surface area contributed by atoms with Crippen molar-refractivity contribution in [2.75, 3.05) is 20.3 Å². The number of carbonyl (C=O) groups excluding carboxylic acids is 1. The highest BCUT2D eigenvalue weighted by Gasteiger charge is 2.39. The average molecular weight is 214 g/mol. The summed E-state index contributed by atoms with van der Waals surface area (Å²) in [4.78, 5) is 23.4. The lowest BCUT2D eigenvalue weighted by Gasteiger charge is -2.36. The van der Waals surface area contributed by atoms with Crippen LogP contribution in [-0.2, 0) is 14.3 Å². The number of methoxy groups -OCH3 is 1. The van der Waals surface area contributed by atoms with Crippen LogP contribution < -0.4 is 5.73 Å². The van der Waals surface area contributed by atoms with E-state index < -0.39 is 12.0 Å². The number of β-lactam (4-membered cyclic amide) rings is 1. The fraction of sp³-hybridized carbons (Fsp3) is 0.556. The first-order chi connectivity index (χ1) is 6.99. The fourth-order valence-electron chi connectivity index (χ4n) is 1.47. The van der Waals surface area contributed by atoms with E-state index in [0.717, 1.165) is 0 Å². The van der Waals surface area contributed by atoms with E-state index in [0.29, 0.717) is 5.57 Å². The third-order valence-corrected chi connectivity index (χ3v) is 2.20. The summed E-state index contributed by atoms with van der Waals surface area (Å²) in [6.07, 6.45) is 0. The molecule has 1 unspecified atom stereocenters. The van der Waals surface area contributed by atoms with Crippen molar-refractivity contribution in [1.82, 2.24) is 4.90 Å². The van der Waals surface area contributed by atoms with Crippen LogP contribution >= 0.6 is 0 Å². The number of carboxylic acid groups (broad SMARTS) is 1. The maximum absolute atomic E-state index is 11.3. The molecule has 0 radical (unpaired) electrons. The van der Waals surface area contributed by atoms with Crippen molar-refractivity contribution in [3.8, 4) is 0 Å². The van der Waals surface area contributed by atoms with Crippen LogP contribution in [0.25, 0.3) is 0 Å². The van der Waals surface area contributed by atoms with E-state index in [1.165, 1.54) is 12.0 Å². The van der Waals surface area contributed by atoms with Crippen LogP contribution in [-0.4, -0.2) is 48.2 Å². The van der Waals surface area contributed by atoms with Crippen LogP contribution in [0.5, 0.6) is 0 Å². The van der Waals surface area contributed by atoms with Gasteiger partial charge < -0.3 is 20.5 Å². The van der Waals surface area contributed by atoms with Gasteiger partial charge in [0.1, 0.15) is 11.7 Å². The number of amides is 1.